The highest BCUT2D eigenvalue weighted by Crippen LogP contribution is 2.18. The van der Waals surface area contributed by atoms with Crippen molar-refractivity contribution in [3.05, 3.63) is 53.9 Å². The van der Waals surface area contributed by atoms with Crippen molar-refractivity contribution in [2.75, 3.05) is 7.11 Å². The van der Waals surface area contributed by atoms with Crippen molar-refractivity contribution < 1.29 is 14.3 Å². The second kappa shape index (κ2) is 8.28. The summed E-state index contributed by atoms with van der Waals surface area (Å²) in [5.74, 6) is -0.479. The summed E-state index contributed by atoms with van der Waals surface area (Å²) in [7, 11) is 1.34. The lowest BCUT2D eigenvalue weighted by molar-refractivity contribution is -0.120. The van der Waals surface area contributed by atoms with E-state index in [1.54, 1.807) is 49.6 Å². The molecule has 0 aliphatic rings. The zero-order valence-corrected chi connectivity index (χ0v) is 13.7. The van der Waals surface area contributed by atoms with Gasteiger partial charge in [-0.3, -0.25) is 4.79 Å². The van der Waals surface area contributed by atoms with Crippen LogP contribution in [0.25, 0.3) is 0 Å². The van der Waals surface area contributed by atoms with E-state index >= 15 is 0 Å². The summed E-state index contributed by atoms with van der Waals surface area (Å²) in [4.78, 5) is 31.6. The number of benzene rings is 1. The SMILES string of the molecule is COC(=O)c1ccc(CNC(=O)C(C)Sc2ncccn2)cc1. The molecular weight excluding hydrogens is 314 g/mol. The standard InChI is InChI=1S/C16H17N3O3S/c1-11(23-16-17-8-3-9-18-16)14(20)19-10-12-4-6-13(7-5-12)15(21)22-2/h3-9,11H,10H2,1-2H3,(H,19,20). The van der Waals surface area contributed by atoms with Gasteiger partial charge in [-0.2, -0.15) is 0 Å². The van der Waals surface area contributed by atoms with Crippen LogP contribution >= 0.6 is 11.8 Å². The predicted molar refractivity (Wildman–Crippen MR) is 87.0 cm³/mol. The highest BCUT2D eigenvalue weighted by molar-refractivity contribution is 8.00. The van der Waals surface area contributed by atoms with Crippen LogP contribution in [0.2, 0.25) is 0 Å². The zero-order chi connectivity index (χ0) is 16.7. The van der Waals surface area contributed by atoms with Crippen LogP contribution < -0.4 is 5.32 Å². The largest absolute Gasteiger partial charge is 0.465 e. The zero-order valence-electron chi connectivity index (χ0n) is 12.9. The highest BCUT2D eigenvalue weighted by Gasteiger charge is 2.15. The molecule has 6 nitrogen and oxygen atoms in total. The number of rotatable bonds is 6. The van der Waals surface area contributed by atoms with E-state index in [1.807, 2.05) is 0 Å². The number of amides is 1. The molecule has 1 heterocycles. The molecule has 1 unspecified atom stereocenters. The first-order chi connectivity index (χ1) is 11.1. The van der Waals surface area contributed by atoms with Gasteiger partial charge >= 0.3 is 5.97 Å². The third-order valence-corrected chi connectivity index (χ3v) is 4.02. The first-order valence-corrected chi connectivity index (χ1v) is 7.86. The number of thioether (sulfide) groups is 1. The number of nitrogens with one attached hydrogen (secondary N) is 1. The van der Waals surface area contributed by atoms with Gasteiger partial charge in [0.1, 0.15) is 0 Å². The Morgan fingerprint density at radius 2 is 1.87 bits per heavy atom. The lowest BCUT2D eigenvalue weighted by Gasteiger charge is -2.11. The average Bonchev–Trinajstić information content (AvgIpc) is 2.60. The minimum absolute atomic E-state index is 0.0977. The van der Waals surface area contributed by atoms with E-state index in [0.29, 0.717) is 17.3 Å². The number of carbonyl (C=O) groups excluding carboxylic acids is 2. The number of hydrogen-bond acceptors (Lipinski definition) is 6. The quantitative estimate of drug-likeness (QED) is 0.496. The smallest absolute Gasteiger partial charge is 0.337 e. The maximum atomic E-state index is 12.1. The van der Waals surface area contributed by atoms with E-state index in [0.717, 1.165) is 5.56 Å². The molecule has 120 valence electrons. The van der Waals surface area contributed by atoms with E-state index < -0.39 is 0 Å². The first kappa shape index (κ1) is 17.0. The molecule has 0 spiro atoms. The number of nitrogens with zero attached hydrogens (tertiary/aromatic N) is 2. The van der Waals surface area contributed by atoms with E-state index in [4.69, 9.17) is 0 Å². The van der Waals surface area contributed by atoms with Gasteiger partial charge in [-0.1, -0.05) is 23.9 Å². The summed E-state index contributed by atoms with van der Waals surface area (Å²) in [6.45, 7) is 2.19. The van der Waals surface area contributed by atoms with Crippen LogP contribution in [0.15, 0.2) is 47.9 Å². The number of hydrogen-bond donors (Lipinski definition) is 1. The predicted octanol–water partition coefficient (Wildman–Crippen LogP) is 2.06. The molecule has 1 aromatic heterocycles. The third-order valence-electron chi connectivity index (χ3n) is 3.04. The Morgan fingerprint density at radius 1 is 1.22 bits per heavy atom. The van der Waals surface area contributed by atoms with Crippen LogP contribution in [0.4, 0.5) is 0 Å². The van der Waals surface area contributed by atoms with Crippen LogP contribution in [-0.4, -0.2) is 34.2 Å². The van der Waals surface area contributed by atoms with Crippen LogP contribution in [0.5, 0.6) is 0 Å². The van der Waals surface area contributed by atoms with Gasteiger partial charge in [-0.05, 0) is 30.7 Å². The van der Waals surface area contributed by atoms with E-state index in [-0.39, 0.29) is 17.1 Å². The Kier molecular flexibility index (Phi) is 6.10. The van der Waals surface area contributed by atoms with Gasteiger partial charge in [0, 0.05) is 18.9 Å². The molecule has 7 heteroatoms. The van der Waals surface area contributed by atoms with Gasteiger partial charge in [-0.15, -0.1) is 0 Å². The Labute approximate surface area is 138 Å². The van der Waals surface area contributed by atoms with Crippen molar-refractivity contribution in [1.82, 2.24) is 15.3 Å². The molecule has 0 saturated carbocycles. The van der Waals surface area contributed by atoms with Crippen molar-refractivity contribution in [3.63, 3.8) is 0 Å². The number of carbonyl (C=O) groups is 2. The fourth-order valence-corrected chi connectivity index (χ4v) is 2.52. The van der Waals surface area contributed by atoms with Crippen molar-refractivity contribution in [2.45, 2.75) is 23.9 Å². The first-order valence-electron chi connectivity index (χ1n) is 6.99. The minimum atomic E-state index is -0.381. The number of methoxy groups -OCH3 is 1. The van der Waals surface area contributed by atoms with Crippen LogP contribution in [0.1, 0.15) is 22.8 Å². The molecule has 0 radical (unpaired) electrons. The number of esters is 1. The summed E-state index contributed by atoms with van der Waals surface area (Å²) in [6.07, 6.45) is 3.28. The minimum Gasteiger partial charge on any atom is -0.465 e. The lowest BCUT2D eigenvalue weighted by atomic mass is 10.1. The van der Waals surface area contributed by atoms with Crippen molar-refractivity contribution in [3.8, 4) is 0 Å². The Morgan fingerprint density at radius 3 is 2.48 bits per heavy atom. The van der Waals surface area contributed by atoms with Crippen LogP contribution in [-0.2, 0) is 16.1 Å². The molecular formula is C16H17N3O3S. The van der Waals surface area contributed by atoms with Crippen molar-refractivity contribution in [2.24, 2.45) is 0 Å². The van der Waals surface area contributed by atoms with Gasteiger partial charge in [0.05, 0.1) is 17.9 Å². The van der Waals surface area contributed by atoms with E-state index in [2.05, 4.69) is 20.0 Å². The Hall–Kier alpha value is -2.41. The maximum Gasteiger partial charge on any atom is 0.337 e. The lowest BCUT2D eigenvalue weighted by Crippen LogP contribution is -2.30. The molecule has 0 bridgehead atoms. The molecule has 0 saturated heterocycles. The molecule has 23 heavy (non-hydrogen) atoms. The monoisotopic (exact) mass is 331 g/mol. The summed E-state index contributed by atoms with van der Waals surface area (Å²) in [5.41, 5.74) is 1.38. The highest BCUT2D eigenvalue weighted by atomic mass is 32.2. The molecule has 1 aromatic carbocycles. The van der Waals surface area contributed by atoms with Gasteiger partial charge in [-0.25, -0.2) is 14.8 Å². The molecule has 0 aliphatic carbocycles. The molecule has 1 atom stereocenters. The van der Waals surface area contributed by atoms with Gasteiger partial charge in [0.2, 0.25) is 5.91 Å². The second-order valence-corrected chi connectivity index (χ2v) is 6.01. The summed E-state index contributed by atoms with van der Waals surface area (Å²) in [5, 5.41) is 3.12. The van der Waals surface area contributed by atoms with Gasteiger partial charge < -0.3 is 10.1 Å². The fourth-order valence-electron chi connectivity index (χ4n) is 1.77. The Balaban J connectivity index is 1.85. The van der Waals surface area contributed by atoms with Crippen LogP contribution in [0.3, 0.4) is 0 Å². The molecule has 1 amide bonds. The average molecular weight is 331 g/mol. The topological polar surface area (TPSA) is 81.2 Å². The third kappa shape index (κ3) is 5.07. The molecule has 0 fully saturated rings. The van der Waals surface area contributed by atoms with Crippen LogP contribution in [0, 0.1) is 0 Å². The molecule has 1 N–H and O–H groups in total. The molecule has 2 rings (SSSR count). The van der Waals surface area contributed by atoms with Crippen molar-refractivity contribution >= 4 is 23.6 Å². The number of aromatic nitrogens is 2. The normalized spacial score (nSPS) is 11.6. The Bertz CT molecular complexity index is 662. The summed E-state index contributed by atoms with van der Waals surface area (Å²) >= 11 is 1.30. The fraction of sp³-hybridized carbons (Fsp3) is 0.250. The second-order valence-electron chi connectivity index (χ2n) is 4.70. The molecule has 2 aromatic rings. The van der Waals surface area contributed by atoms with Crippen molar-refractivity contribution in [1.29, 1.82) is 0 Å². The van der Waals surface area contributed by atoms with Gasteiger partial charge in [0.25, 0.3) is 0 Å². The molecule has 0 aliphatic heterocycles. The van der Waals surface area contributed by atoms with E-state index in [9.17, 15) is 9.59 Å². The summed E-state index contributed by atoms with van der Waals surface area (Å²) < 4.78 is 4.64. The maximum absolute atomic E-state index is 12.1. The van der Waals surface area contributed by atoms with E-state index in [1.165, 1.54) is 18.9 Å². The van der Waals surface area contributed by atoms with Gasteiger partial charge in [0.15, 0.2) is 5.16 Å². The number of ether oxygens (including phenoxy) is 1. The summed E-state index contributed by atoms with van der Waals surface area (Å²) in [6, 6.07) is 8.63.